The fraction of sp³-hybridized carbons (Fsp3) is 0.167. The number of nitrogens with zero attached hydrogens (tertiary/aromatic N) is 3. The molecule has 0 amide bonds. The fourth-order valence-electron chi connectivity index (χ4n) is 2.27. The number of halogens is 1. The third-order valence-corrected chi connectivity index (χ3v) is 3.73. The number of rotatable bonds is 6. The molecule has 2 aromatic heterocycles. The van der Waals surface area contributed by atoms with Gasteiger partial charge in [0.1, 0.15) is 11.6 Å². The van der Waals surface area contributed by atoms with Gasteiger partial charge in [0, 0.05) is 23.6 Å². The SMILES string of the molecule is COc1ccc(Nc2nc(C)cc(NCc3ccccn3)n2)cc1Cl. The minimum atomic E-state index is 0.491. The molecule has 0 aliphatic carbocycles. The molecule has 0 aliphatic heterocycles. The van der Waals surface area contributed by atoms with Gasteiger partial charge >= 0.3 is 0 Å². The number of methoxy groups -OCH3 is 1. The molecule has 0 bridgehead atoms. The van der Waals surface area contributed by atoms with Crippen LogP contribution in [0, 0.1) is 6.92 Å². The average molecular weight is 356 g/mol. The van der Waals surface area contributed by atoms with Crippen LogP contribution < -0.4 is 15.4 Å². The number of benzene rings is 1. The maximum atomic E-state index is 6.15. The maximum Gasteiger partial charge on any atom is 0.229 e. The Hall–Kier alpha value is -2.86. The first-order chi connectivity index (χ1) is 12.1. The Morgan fingerprint density at radius 1 is 1.12 bits per heavy atom. The van der Waals surface area contributed by atoms with Crippen molar-refractivity contribution in [3.63, 3.8) is 0 Å². The zero-order valence-electron chi connectivity index (χ0n) is 14.0. The number of hydrogen-bond donors (Lipinski definition) is 2. The molecule has 25 heavy (non-hydrogen) atoms. The van der Waals surface area contributed by atoms with Crippen molar-refractivity contribution >= 4 is 29.1 Å². The number of aryl methyl sites for hydroxylation is 1. The summed E-state index contributed by atoms with van der Waals surface area (Å²) in [4.78, 5) is 13.2. The smallest absolute Gasteiger partial charge is 0.229 e. The van der Waals surface area contributed by atoms with Crippen LogP contribution in [-0.4, -0.2) is 22.1 Å². The molecule has 0 saturated heterocycles. The van der Waals surface area contributed by atoms with E-state index in [1.807, 2.05) is 37.3 Å². The number of nitrogens with one attached hydrogen (secondary N) is 2. The van der Waals surface area contributed by atoms with E-state index in [9.17, 15) is 0 Å². The number of hydrogen-bond acceptors (Lipinski definition) is 6. The molecule has 2 N–H and O–H groups in total. The molecule has 0 aliphatic rings. The van der Waals surface area contributed by atoms with Crippen molar-refractivity contribution in [2.45, 2.75) is 13.5 Å². The van der Waals surface area contributed by atoms with Crippen molar-refractivity contribution in [1.29, 1.82) is 0 Å². The van der Waals surface area contributed by atoms with Gasteiger partial charge in [0.05, 0.1) is 24.4 Å². The van der Waals surface area contributed by atoms with Gasteiger partial charge < -0.3 is 15.4 Å². The fourth-order valence-corrected chi connectivity index (χ4v) is 2.53. The van der Waals surface area contributed by atoms with Gasteiger partial charge in [0.2, 0.25) is 5.95 Å². The molecule has 0 spiro atoms. The molecule has 2 heterocycles. The third-order valence-electron chi connectivity index (χ3n) is 3.44. The molecule has 128 valence electrons. The monoisotopic (exact) mass is 355 g/mol. The van der Waals surface area contributed by atoms with Gasteiger partial charge in [0.25, 0.3) is 0 Å². The van der Waals surface area contributed by atoms with Crippen molar-refractivity contribution < 1.29 is 4.74 Å². The minimum absolute atomic E-state index is 0.491. The second kappa shape index (κ2) is 7.81. The van der Waals surface area contributed by atoms with Crippen molar-refractivity contribution in [2.24, 2.45) is 0 Å². The Morgan fingerprint density at radius 2 is 2.00 bits per heavy atom. The van der Waals surface area contributed by atoms with Crippen LogP contribution in [0.25, 0.3) is 0 Å². The molecule has 0 radical (unpaired) electrons. The zero-order valence-corrected chi connectivity index (χ0v) is 14.7. The Labute approximate surface area is 151 Å². The summed E-state index contributed by atoms with van der Waals surface area (Å²) in [6.45, 7) is 2.50. The normalized spacial score (nSPS) is 10.4. The molecule has 0 atom stereocenters. The van der Waals surface area contributed by atoms with Crippen LogP contribution in [0.1, 0.15) is 11.4 Å². The molecular formula is C18H18ClN5O. The van der Waals surface area contributed by atoms with Gasteiger partial charge in [-0.2, -0.15) is 4.98 Å². The molecule has 0 fully saturated rings. The Morgan fingerprint density at radius 3 is 2.72 bits per heavy atom. The minimum Gasteiger partial charge on any atom is -0.495 e. The molecule has 0 saturated carbocycles. The first-order valence-electron chi connectivity index (χ1n) is 7.74. The number of aromatic nitrogens is 3. The van der Waals surface area contributed by atoms with Crippen molar-refractivity contribution in [2.75, 3.05) is 17.7 Å². The summed E-state index contributed by atoms with van der Waals surface area (Å²) in [7, 11) is 1.58. The van der Waals surface area contributed by atoms with E-state index >= 15 is 0 Å². The predicted molar refractivity (Wildman–Crippen MR) is 99.6 cm³/mol. The maximum absolute atomic E-state index is 6.15. The van der Waals surface area contributed by atoms with E-state index in [0.29, 0.717) is 23.3 Å². The highest BCUT2D eigenvalue weighted by atomic mass is 35.5. The molecule has 1 aromatic carbocycles. The lowest BCUT2D eigenvalue weighted by atomic mass is 10.3. The van der Waals surface area contributed by atoms with E-state index in [4.69, 9.17) is 16.3 Å². The van der Waals surface area contributed by atoms with E-state index in [1.54, 1.807) is 25.4 Å². The molecule has 3 aromatic rings. The van der Waals surface area contributed by atoms with Gasteiger partial charge in [-0.1, -0.05) is 17.7 Å². The van der Waals surface area contributed by atoms with Crippen LogP contribution in [0.4, 0.5) is 17.5 Å². The first-order valence-corrected chi connectivity index (χ1v) is 8.12. The standard InChI is InChI=1S/C18H18ClN5O/c1-12-9-17(21-11-14-5-3-4-8-20-14)24-18(22-12)23-13-6-7-16(25-2)15(19)10-13/h3-10H,11H2,1-2H3,(H2,21,22,23,24). The average Bonchev–Trinajstić information content (AvgIpc) is 2.61. The second-order valence-electron chi connectivity index (χ2n) is 5.37. The van der Waals surface area contributed by atoms with Crippen LogP contribution in [0.3, 0.4) is 0 Å². The lowest BCUT2D eigenvalue weighted by Gasteiger charge is -2.11. The van der Waals surface area contributed by atoms with E-state index in [0.717, 1.165) is 22.9 Å². The van der Waals surface area contributed by atoms with Crippen molar-refractivity contribution in [1.82, 2.24) is 15.0 Å². The van der Waals surface area contributed by atoms with Crippen molar-refractivity contribution in [3.8, 4) is 5.75 Å². The molecule has 7 heteroatoms. The molecule has 3 rings (SSSR count). The van der Waals surface area contributed by atoms with Gasteiger partial charge in [-0.25, -0.2) is 4.98 Å². The number of pyridine rings is 1. The Bertz CT molecular complexity index is 857. The Balaban J connectivity index is 1.74. The van der Waals surface area contributed by atoms with Gasteiger partial charge in [0.15, 0.2) is 0 Å². The summed E-state index contributed by atoms with van der Waals surface area (Å²) >= 11 is 6.15. The van der Waals surface area contributed by atoms with E-state index in [-0.39, 0.29) is 0 Å². The second-order valence-corrected chi connectivity index (χ2v) is 5.77. The predicted octanol–water partition coefficient (Wildman–Crippen LogP) is 4.20. The third kappa shape index (κ3) is 4.58. The lowest BCUT2D eigenvalue weighted by molar-refractivity contribution is 0.415. The molecule has 0 unspecified atom stereocenters. The quantitative estimate of drug-likeness (QED) is 0.690. The summed E-state index contributed by atoms with van der Waals surface area (Å²) < 4.78 is 5.16. The highest BCUT2D eigenvalue weighted by molar-refractivity contribution is 6.32. The van der Waals surface area contributed by atoms with Gasteiger partial charge in [-0.3, -0.25) is 4.98 Å². The van der Waals surface area contributed by atoms with Crippen LogP contribution in [0.5, 0.6) is 5.75 Å². The van der Waals surface area contributed by atoms with Crippen LogP contribution >= 0.6 is 11.6 Å². The van der Waals surface area contributed by atoms with Crippen LogP contribution in [0.2, 0.25) is 5.02 Å². The van der Waals surface area contributed by atoms with Crippen molar-refractivity contribution in [3.05, 3.63) is 65.1 Å². The van der Waals surface area contributed by atoms with E-state index in [1.165, 1.54) is 0 Å². The van der Waals surface area contributed by atoms with Crippen LogP contribution in [0.15, 0.2) is 48.7 Å². The summed E-state index contributed by atoms with van der Waals surface area (Å²) in [5.74, 6) is 1.83. The largest absolute Gasteiger partial charge is 0.495 e. The van der Waals surface area contributed by atoms with E-state index < -0.39 is 0 Å². The number of ether oxygens (including phenoxy) is 1. The summed E-state index contributed by atoms with van der Waals surface area (Å²) in [6.07, 6.45) is 1.77. The highest BCUT2D eigenvalue weighted by Crippen LogP contribution is 2.28. The summed E-state index contributed by atoms with van der Waals surface area (Å²) in [5, 5.41) is 6.94. The topological polar surface area (TPSA) is 72.0 Å². The zero-order chi connectivity index (χ0) is 17.6. The lowest BCUT2D eigenvalue weighted by Crippen LogP contribution is -2.06. The number of anilines is 3. The highest BCUT2D eigenvalue weighted by Gasteiger charge is 2.06. The van der Waals surface area contributed by atoms with Gasteiger partial charge in [-0.05, 0) is 37.3 Å². The summed E-state index contributed by atoms with van der Waals surface area (Å²) in [5.41, 5.74) is 2.57. The summed E-state index contributed by atoms with van der Waals surface area (Å²) in [6, 6.07) is 13.1. The van der Waals surface area contributed by atoms with Crippen LogP contribution in [-0.2, 0) is 6.54 Å². The molecule has 6 nitrogen and oxygen atoms in total. The molecular weight excluding hydrogens is 338 g/mol. The van der Waals surface area contributed by atoms with Gasteiger partial charge in [-0.15, -0.1) is 0 Å². The van der Waals surface area contributed by atoms with E-state index in [2.05, 4.69) is 25.6 Å². The Kier molecular flexibility index (Phi) is 5.30. The first kappa shape index (κ1) is 17.0.